The van der Waals surface area contributed by atoms with Gasteiger partial charge in [0.15, 0.2) is 0 Å². The molecule has 0 N–H and O–H groups in total. The first-order chi connectivity index (χ1) is 7.11. The van der Waals surface area contributed by atoms with Crippen molar-refractivity contribution in [2.24, 2.45) is 0 Å². The minimum atomic E-state index is -2.79. The molecule has 0 radical (unpaired) electrons. The normalized spacial score (nSPS) is 9.73. The van der Waals surface area contributed by atoms with E-state index in [1.807, 2.05) is 0 Å². The molecule has 0 aliphatic carbocycles. The zero-order valence-corrected chi connectivity index (χ0v) is 8.92. The van der Waals surface area contributed by atoms with Crippen LogP contribution in [0.15, 0.2) is 10.8 Å². The van der Waals surface area contributed by atoms with Gasteiger partial charge in [-0.05, 0) is 15.9 Å². The molecule has 0 aliphatic heterocycles. The Kier molecular flexibility index (Phi) is 3.70. The molecule has 0 saturated heterocycles. The predicted octanol–water partition coefficient (Wildman–Crippen LogP) is 2.72. The van der Waals surface area contributed by atoms with Gasteiger partial charge in [0.25, 0.3) is 6.43 Å². The first kappa shape index (κ1) is 11.5. The van der Waals surface area contributed by atoms with Crippen LogP contribution in [-0.4, -0.2) is 4.98 Å². The van der Waals surface area contributed by atoms with Crippen molar-refractivity contribution in [2.75, 3.05) is 0 Å². The van der Waals surface area contributed by atoms with Gasteiger partial charge in [-0.3, -0.25) is 0 Å². The molecule has 1 heterocycles. The summed E-state index contributed by atoms with van der Waals surface area (Å²) >= 11 is 2.97. The number of alkyl halides is 2. The molecule has 3 nitrogen and oxygen atoms in total. The van der Waals surface area contributed by atoms with Crippen LogP contribution in [0.4, 0.5) is 8.78 Å². The summed E-state index contributed by atoms with van der Waals surface area (Å²) in [4.78, 5) is 3.72. The Balaban J connectivity index is 3.47. The number of hydrogen-bond donors (Lipinski definition) is 0. The van der Waals surface area contributed by atoms with Crippen LogP contribution >= 0.6 is 15.9 Å². The fourth-order valence-corrected chi connectivity index (χ4v) is 1.58. The van der Waals surface area contributed by atoms with E-state index in [-0.39, 0.29) is 22.2 Å². The van der Waals surface area contributed by atoms with Gasteiger partial charge < -0.3 is 0 Å². The summed E-state index contributed by atoms with van der Waals surface area (Å²) in [5.74, 6) is 0. The lowest BCUT2D eigenvalue weighted by Gasteiger charge is -2.08. The minimum absolute atomic E-state index is 0.0755. The fraction of sp³-hybridized carbons (Fsp3) is 0.222. The molecule has 1 aromatic rings. The lowest BCUT2D eigenvalue weighted by atomic mass is 10.0. The third kappa shape index (κ3) is 2.28. The van der Waals surface area contributed by atoms with Crippen molar-refractivity contribution < 1.29 is 8.78 Å². The highest BCUT2D eigenvalue weighted by Crippen LogP contribution is 2.30. The summed E-state index contributed by atoms with van der Waals surface area (Å²) in [5.41, 5.74) is -0.536. The molecule has 0 bridgehead atoms. The molecule has 0 amide bonds. The van der Waals surface area contributed by atoms with Gasteiger partial charge in [0.1, 0.15) is 10.7 Å². The SMILES string of the molecule is N#CCc1c(Br)ncc(C#N)c1C(F)F. The van der Waals surface area contributed by atoms with E-state index in [0.717, 1.165) is 6.20 Å². The Morgan fingerprint density at radius 2 is 2.13 bits per heavy atom. The maximum Gasteiger partial charge on any atom is 0.265 e. The van der Waals surface area contributed by atoms with Crippen molar-refractivity contribution >= 4 is 15.9 Å². The van der Waals surface area contributed by atoms with Crippen LogP contribution in [0.2, 0.25) is 0 Å². The standard InChI is InChI=1S/C9H4BrF2N3/c10-8-6(1-2-13)7(9(11)12)5(3-14)4-15-8/h4,9H,1H2. The van der Waals surface area contributed by atoms with Crippen LogP contribution in [0, 0.1) is 22.7 Å². The molecule has 0 saturated carbocycles. The average molecular weight is 272 g/mol. The second-order valence-electron chi connectivity index (χ2n) is 2.60. The largest absolute Gasteiger partial charge is 0.265 e. The molecule has 0 unspecified atom stereocenters. The zero-order valence-electron chi connectivity index (χ0n) is 7.34. The van der Waals surface area contributed by atoms with Gasteiger partial charge in [-0.2, -0.15) is 10.5 Å². The summed E-state index contributed by atoms with van der Waals surface area (Å²) in [6.07, 6.45) is -1.93. The van der Waals surface area contributed by atoms with Crippen LogP contribution in [-0.2, 0) is 6.42 Å². The molecular formula is C9H4BrF2N3. The number of aromatic nitrogens is 1. The number of hydrogen-bond acceptors (Lipinski definition) is 3. The maximum absolute atomic E-state index is 12.7. The van der Waals surface area contributed by atoms with Crippen molar-refractivity contribution in [3.05, 3.63) is 27.5 Å². The highest BCUT2D eigenvalue weighted by molar-refractivity contribution is 9.10. The van der Waals surface area contributed by atoms with Crippen molar-refractivity contribution in [1.29, 1.82) is 10.5 Å². The summed E-state index contributed by atoms with van der Waals surface area (Å²) in [6.45, 7) is 0. The van der Waals surface area contributed by atoms with E-state index < -0.39 is 12.0 Å². The van der Waals surface area contributed by atoms with Crippen molar-refractivity contribution in [3.8, 4) is 12.1 Å². The molecule has 0 fully saturated rings. The Bertz CT molecular complexity index is 460. The zero-order chi connectivity index (χ0) is 11.4. The molecule has 6 heteroatoms. The number of nitriles is 2. The van der Waals surface area contributed by atoms with Crippen molar-refractivity contribution in [2.45, 2.75) is 12.8 Å². The Labute approximate surface area is 93.1 Å². The third-order valence-electron chi connectivity index (χ3n) is 1.77. The van der Waals surface area contributed by atoms with Gasteiger partial charge in [-0.1, -0.05) is 0 Å². The molecule has 0 spiro atoms. The second kappa shape index (κ2) is 4.81. The van der Waals surface area contributed by atoms with E-state index in [0.29, 0.717) is 0 Å². The van der Waals surface area contributed by atoms with Gasteiger partial charge in [0.2, 0.25) is 0 Å². The molecule has 0 aromatic carbocycles. The quantitative estimate of drug-likeness (QED) is 0.777. The Morgan fingerprint density at radius 1 is 1.47 bits per heavy atom. The van der Waals surface area contributed by atoms with Crippen LogP contribution in [0.3, 0.4) is 0 Å². The van der Waals surface area contributed by atoms with E-state index in [4.69, 9.17) is 10.5 Å². The summed E-state index contributed by atoms with van der Waals surface area (Å²) in [7, 11) is 0. The third-order valence-corrected chi connectivity index (χ3v) is 2.45. The summed E-state index contributed by atoms with van der Waals surface area (Å²) < 4.78 is 25.5. The van der Waals surface area contributed by atoms with E-state index in [9.17, 15) is 8.78 Å². The summed E-state index contributed by atoms with van der Waals surface area (Å²) in [6, 6.07) is 3.39. The monoisotopic (exact) mass is 271 g/mol. The average Bonchev–Trinajstić information content (AvgIpc) is 2.20. The van der Waals surface area contributed by atoms with Gasteiger partial charge >= 0.3 is 0 Å². The number of nitrogens with zero attached hydrogens (tertiary/aromatic N) is 3. The maximum atomic E-state index is 12.7. The Hall–Kier alpha value is -1.53. The molecule has 76 valence electrons. The molecule has 1 rings (SSSR count). The van der Waals surface area contributed by atoms with E-state index in [1.165, 1.54) is 0 Å². The Morgan fingerprint density at radius 3 is 2.60 bits per heavy atom. The lowest BCUT2D eigenvalue weighted by molar-refractivity contribution is 0.150. The van der Waals surface area contributed by atoms with Gasteiger partial charge in [0, 0.05) is 17.3 Å². The van der Waals surface area contributed by atoms with Crippen LogP contribution in [0.5, 0.6) is 0 Å². The predicted molar refractivity (Wildman–Crippen MR) is 50.9 cm³/mol. The first-order valence-electron chi connectivity index (χ1n) is 3.84. The van der Waals surface area contributed by atoms with E-state index >= 15 is 0 Å². The second-order valence-corrected chi connectivity index (χ2v) is 3.35. The molecule has 0 aliphatic rings. The topological polar surface area (TPSA) is 60.5 Å². The van der Waals surface area contributed by atoms with Crippen LogP contribution in [0.25, 0.3) is 0 Å². The number of pyridine rings is 1. The van der Waals surface area contributed by atoms with Crippen molar-refractivity contribution in [3.63, 3.8) is 0 Å². The van der Waals surface area contributed by atoms with E-state index in [2.05, 4.69) is 20.9 Å². The fourth-order valence-electron chi connectivity index (χ4n) is 1.13. The highest BCUT2D eigenvalue weighted by atomic mass is 79.9. The molecular weight excluding hydrogens is 268 g/mol. The lowest BCUT2D eigenvalue weighted by Crippen LogP contribution is -2.01. The number of rotatable bonds is 2. The van der Waals surface area contributed by atoms with Gasteiger partial charge in [0.05, 0.1) is 18.1 Å². The summed E-state index contributed by atoms with van der Waals surface area (Å²) in [5, 5.41) is 17.1. The molecule has 0 atom stereocenters. The van der Waals surface area contributed by atoms with Gasteiger partial charge in [-0.25, -0.2) is 13.8 Å². The molecule has 1 aromatic heterocycles. The molecule has 15 heavy (non-hydrogen) atoms. The minimum Gasteiger partial charge on any atom is -0.248 e. The van der Waals surface area contributed by atoms with E-state index in [1.54, 1.807) is 12.1 Å². The number of halogens is 3. The van der Waals surface area contributed by atoms with Crippen LogP contribution in [0.1, 0.15) is 23.1 Å². The van der Waals surface area contributed by atoms with Crippen molar-refractivity contribution in [1.82, 2.24) is 4.98 Å². The first-order valence-corrected chi connectivity index (χ1v) is 4.63. The smallest absolute Gasteiger partial charge is 0.248 e. The highest BCUT2D eigenvalue weighted by Gasteiger charge is 2.20. The van der Waals surface area contributed by atoms with Gasteiger partial charge in [-0.15, -0.1) is 0 Å². The van der Waals surface area contributed by atoms with Crippen LogP contribution < -0.4 is 0 Å².